The minimum absolute atomic E-state index is 0.517. The summed E-state index contributed by atoms with van der Waals surface area (Å²) in [6.45, 7) is 6.23. The second-order valence-electron chi connectivity index (χ2n) is 4.86. The van der Waals surface area contributed by atoms with E-state index in [1.807, 2.05) is 6.07 Å². The van der Waals surface area contributed by atoms with Gasteiger partial charge in [-0.25, -0.2) is 0 Å². The molecule has 18 heavy (non-hydrogen) atoms. The third-order valence-corrected chi connectivity index (χ3v) is 3.89. The zero-order valence-corrected chi connectivity index (χ0v) is 11.3. The molecule has 100 valence electrons. The van der Waals surface area contributed by atoms with Crippen LogP contribution in [0.5, 0.6) is 0 Å². The number of piperidine rings is 1. The first-order chi connectivity index (χ1) is 8.76. The highest BCUT2D eigenvalue weighted by molar-refractivity contribution is 5.45. The number of aromatic nitrogens is 2. The largest absolute Gasteiger partial charge is 0.355 e. The maximum atomic E-state index is 5.76. The van der Waals surface area contributed by atoms with Crippen LogP contribution in [-0.2, 0) is 6.54 Å². The zero-order valence-electron chi connectivity index (χ0n) is 11.3. The zero-order chi connectivity index (χ0) is 13.0. The number of nitrogens with zero attached hydrogens (tertiary/aromatic N) is 4. The summed E-state index contributed by atoms with van der Waals surface area (Å²) in [6.07, 6.45) is 4.08. The van der Waals surface area contributed by atoms with E-state index in [9.17, 15) is 0 Å². The molecular weight excluding hydrogens is 226 g/mol. The van der Waals surface area contributed by atoms with Gasteiger partial charge in [0.15, 0.2) is 5.82 Å². The first-order valence-electron chi connectivity index (χ1n) is 6.72. The molecule has 5 heteroatoms. The molecule has 1 aliphatic rings. The number of hydrogen-bond acceptors (Lipinski definition) is 5. The van der Waals surface area contributed by atoms with Crippen LogP contribution in [0.4, 0.5) is 5.82 Å². The van der Waals surface area contributed by atoms with Crippen LogP contribution in [0, 0.1) is 0 Å². The highest BCUT2D eigenvalue weighted by atomic mass is 15.3. The monoisotopic (exact) mass is 249 g/mol. The van der Waals surface area contributed by atoms with E-state index >= 15 is 0 Å². The molecule has 2 heterocycles. The molecule has 0 unspecified atom stereocenters. The van der Waals surface area contributed by atoms with Gasteiger partial charge in [-0.15, -0.1) is 5.10 Å². The van der Waals surface area contributed by atoms with Crippen molar-refractivity contribution >= 4 is 5.82 Å². The molecule has 0 amide bonds. The van der Waals surface area contributed by atoms with Crippen molar-refractivity contribution in [3.63, 3.8) is 0 Å². The fourth-order valence-electron chi connectivity index (χ4n) is 2.60. The molecule has 5 nitrogen and oxygen atoms in total. The molecule has 2 N–H and O–H groups in total. The van der Waals surface area contributed by atoms with Crippen molar-refractivity contribution in [2.24, 2.45) is 5.73 Å². The van der Waals surface area contributed by atoms with Gasteiger partial charge in [-0.3, -0.25) is 0 Å². The van der Waals surface area contributed by atoms with Gasteiger partial charge in [-0.1, -0.05) is 6.92 Å². The molecule has 0 atom stereocenters. The van der Waals surface area contributed by atoms with Crippen molar-refractivity contribution < 1.29 is 0 Å². The second kappa shape index (κ2) is 6.11. The molecule has 1 aromatic heterocycles. The SMILES string of the molecule is CCN1CCC(N(C)c2nnccc2CN)CC1. The van der Waals surface area contributed by atoms with Gasteiger partial charge in [-0.05, 0) is 25.5 Å². The van der Waals surface area contributed by atoms with Crippen LogP contribution in [0.1, 0.15) is 25.3 Å². The number of nitrogens with two attached hydrogens (primary N) is 1. The lowest BCUT2D eigenvalue weighted by atomic mass is 10.0. The molecule has 0 spiro atoms. The first-order valence-corrected chi connectivity index (χ1v) is 6.72. The minimum atomic E-state index is 0.517. The molecule has 1 fully saturated rings. The van der Waals surface area contributed by atoms with E-state index < -0.39 is 0 Å². The average Bonchev–Trinajstić information content (AvgIpc) is 2.46. The Hall–Kier alpha value is -1.20. The normalized spacial score (nSPS) is 17.9. The fourth-order valence-corrected chi connectivity index (χ4v) is 2.60. The second-order valence-corrected chi connectivity index (χ2v) is 4.86. The van der Waals surface area contributed by atoms with E-state index in [1.165, 1.54) is 25.9 Å². The first kappa shape index (κ1) is 13.2. The summed E-state index contributed by atoms with van der Waals surface area (Å²) >= 11 is 0. The van der Waals surface area contributed by atoms with Gasteiger partial charge >= 0.3 is 0 Å². The van der Waals surface area contributed by atoms with Gasteiger partial charge in [0.1, 0.15) is 0 Å². The highest BCUT2D eigenvalue weighted by Gasteiger charge is 2.23. The van der Waals surface area contributed by atoms with Crippen LogP contribution in [0.15, 0.2) is 12.3 Å². The van der Waals surface area contributed by atoms with Crippen molar-refractivity contribution in [3.05, 3.63) is 17.8 Å². The van der Waals surface area contributed by atoms with Crippen LogP contribution in [0.3, 0.4) is 0 Å². The predicted molar refractivity (Wildman–Crippen MR) is 73.5 cm³/mol. The Kier molecular flexibility index (Phi) is 4.49. The number of hydrogen-bond donors (Lipinski definition) is 1. The summed E-state index contributed by atoms with van der Waals surface area (Å²) < 4.78 is 0. The molecule has 2 rings (SSSR count). The van der Waals surface area contributed by atoms with Crippen molar-refractivity contribution in [3.8, 4) is 0 Å². The maximum absolute atomic E-state index is 5.76. The van der Waals surface area contributed by atoms with E-state index in [0.29, 0.717) is 12.6 Å². The molecule has 1 saturated heterocycles. The molecule has 0 saturated carbocycles. The lowest BCUT2D eigenvalue weighted by molar-refractivity contribution is 0.220. The van der Waals surface area contributed by atoms with Crippen LogP contribution in [0.2, 0.25) is 0 Å². The Morgan fingerprint density at radius 2 is 2.17 bits per heavy atom. The number of anilines is 1. The summed E-state index contributed by atoms with van der Waals surface area (Å²) in [5.74, 6) is 0.940. The van der Waals surface area contributed by atoms with E-state index in [-0.39, 0.29) is 0 Å². The van der Waals surface area contributed by atoms with Crippen molar-refractivity contribution in [2.45, 2.75) is 32.4 Å². The summed E-state index contributed by atoms with van der Waals surface area (Å²) in [6, 6.07) is 2.51. The Morgan fingerprint density at radius 1 is 1.44 bits per heavy atom. The van der Waals surface area contributed by atoms with Crippen LogP contribution in [0.25, 0.3) is 0 Å². The van der Waals surface area contributed by atoms with Crippen molar-refractivity contribution in [1.82, 2.24) is 15.1 Å². The third kappa shape index (κ3) is 2.79. The number of rotatable bonds is 4. The van der Waals surface area contributed by atoms with Crippen molar-refractivity contribution in [2.75, 3.05) is 31.6 Å². The van der Waals surface area contributed by atoms with E-state index in [0.717, 1.165) is 17.9 Å². The van der Waals surface area contributed by atoms with E-state index in [2.05, 4.69) is 34.0 Å². The minimum Gasteiger partial charge on any atom is -0.355 e. The van der Waals surface area contributed by atoms with Crippen LogP contribution < -0.4 is 10.6 Å². The third-order valence-electron chi connectivity index (χ3n) is 3.89. The molecule has 1 aliphatic heterocycles. The van der Waals surface area contributed by atoms with Gasteiger partial charge < -0.3 is 15.5 Å². The topological polar surface area (TPSA) is 58.3 Å². The lowest BCUT2D eigenvalue weighted by Crippen LogP contribution is -2.44. The highest BCUT2D eigenvalue weighted by Crippen LogP contribution is 2.22. The van der Waals surface area contributed by atoms with E-state index in [1.54, 1.807) is 6.20 Å². The average molecular weight is 249 g/mol. The van der Waals surface area contributed by atoms with Gasteiger partial charge in [0.05, 0.1) is 6.20 Å². The maximum Gasteiger partial charge on any atom is 0.155 e. The van der Waals surface area contributed by atoms with Gasteiger partial charge in [0, 0.05) is 38.3 Å². The molecule has 0 radical (unpaired) electrons. The Morgan fingerprint density at radius 3 is 2.78 bits per heavy atom. The smallest absolute Gasteiger partial charge is 0.155 e. The van der Waals surface area contributed by atoms with Crippen LogP contribution >= 0.6 is 0 Å². The quantitative estimate of drug-likeness (QED) is 0.857. The van der Waals surface area contributed by atoms with Gasteiger partial charge in [-0.2, -0.15) is 5.10 Å². The van der Waals surface area contributed by atoms with Gasteiger partial charge in [0.25, 0.3) is 0 Å². The Labute approximate surface area is 109 Å². The Balaban J connectivity index is 2.05. The molecule has 0 aliphatic carbocycles. The molecular formula is C13H23N5. The molecule has 0 aromatic carbocycles. The van der Waals surface area contributed by atoms with E-state index in [4.69, 9.17) is 5.73 Å². The molecule has 1 aromatic rings. The van der Waals surface area contributed by atoms with Crippen LogP contribution in [-0.4, -0.2) is 47.8 Å². The Bertz CT molecular complexity index is 373. The lowest BCUT2D eigenvalue weighted by Gasteiger charge is -2.37. The summed E-state index contributed by atoms with van der Waals surface area (Å²) in [4.78, 5) is 4.74. The summed E-state index contributed by atoms with van der Waals surface area (Å²) in [7, 11) is 2.11. The predicted octanol–water partition coefficient (Wildman–Crippen LogP) is 0.856. The molecule has 0 bridgehead atoms. The number of likely N-dealkylation sites (tertiary alicyclic amines) is 1. The van der Waals surface area contributed by atoms with Gasteiger partial charge in [0.2, 0.25) is 0 Å². The van der Waals surface area contributed by atoms with Crippen molar-refractivity contribution in [1.29, 1.82) is 0 Å². The fraction of sp³-hybridized carbons (Fsp3) is 0.692. The summed E-state index contributed by atoms with van der Waals surface area (Å²) in [5, 5.41) is 8.23. The standard InChI is InChI=1S/C13H23N5/c1-3-18-8-5-12(6-9-18)17(2)13-11(10-14)4-7-15-16-13/h4,7,12H,3,5-6,8-10,14H2,1-2H3. The summed E-state index contributed by atoms with van der Waals surface area (Å²) in [5.41, 5.74) is 6.83.